The Morgan fingerprint density at radius 2 is 1.63 bits per heavy atom. The summed E-state index contributed by atoms with van der Waals surface area (Å²) in [4.78, 5) is 17.1. The number of thiazole rings is 1. The number of carbonyl (C=O) groups is 1. The number of amidine groups is 1. The van der Waals surface area contributed by atoms with Crippen LogP contribution in [0.4, 0.5) is 0 Å². The number of carbonyl (C=O) groups excluding carboxylic acids is 1. The molecule has 3 rings (SSSR count). The van der Waals surface area contributed by atoms with Gasteiger partial charge in [0.25, 0.3) is 0 Å². The van der Waals surface area contributed by atoms with Gasteiger partial charge in [-0.05, 0) is 18.1 Å². The van der Waals surface area contributed by atoms with E-state index in [1.54, 1.807) is 11.3 Å². The summed E-state index contributed by atoms with van der Waals surface area (Å²) < 4.78 is 4.69. The van der Waals surface area contributed by atoms with Gasteiger partial charge in [-0.2, -0.15) is 0 Å². The Bertz CT molecular complexity index is 960. The quantitative estimate of drug-likeness (QED) is 0.382. The van der Waals surface area contributed by atoms with E-state index < -0.39 is 0 Å². The molecule has 0 aliphatic rings. The van der Waals surface area contributed by atoms with Crippen LogP contribution in [-0.4, -0.2) is 23.9 Å². The van der Waals surface area contributed by atoms with Crippen molar-refractivity contribution in [1.82, 2.24) is 4.98 Å². The van der Waals surface area contributed by atoms with E-state index in [1.807, 2.05) is 31.2 Å². The van der Waals surface area contributed by atoms with Crippen LogP contribution in [0, 0.1) is 12.3 Å². The van der Waals surface area contributed by atoms with Gasteiger partial charge in [0.2, 0.25) is 0 Å². The lowest BCUT2D eigenvalue weighted by atomic mass is 10.0. The number of nitrogen functional groups attached to an aromatic ring is 1. The first-order valence-corrected chi connectivity index (χ1v) is 9.38. The SMILES string of the molecule is COC(=O)CCc1nc(-c2ccc(-c3ccc(C(=N)N)cc3)cc2)c(C)s1. The first-order chi connectivity index (χ1) is 13.0. The Balaban J connectivity index is 1.78. The minimum Gasteiger partial charge on any atom is -0.469 e. The minimum absolute atomic E-state index is 0.0684. The molecule has 0 radical (unpaired) electrons. The minimum atomic E-state index is -0.218. The molecular formula is C21H21N3O2S. The van der Waals surface area contributed by atoms with Gasteiger partial charge in [0.05, 0.1) is 24.2 Å². The van der Waals surface area contributed by atoms with Crippen LogP contribution in [-0.2, 0) is 16.0 Å². The summed E-state index contributed by atoms with van der Waals surface area (Å²) in [6.07, 6.45) is 0.941. The van der Waals surface area contributed by atoms with Gasteiger partial charge in [0.15, 0.2) is 0 Å². The molecule has 1 heterocycles. The molecule has 6 heteroatoms. The summed E-state index contributed by atoms with van der Waals surface area (Å²) >= 11 is 1.62. The number of nitrogens with one attached hydrogen (secondary N) is 1. The Kier molecular flexibility index (Phi) is 5.66. The highest BCUT2D eigenvalue weighted by molar-refractivity contribution is 7.12. The first-order valence-electron chi connectivity index (χ1n) is 8.56. The molecular weight excluding hydrogens is 358 g/mol. The number of aryl methyl sites for hydroxylation is 2. The summed E-state index contributed by atoms with van der Waals surface area (Å²) in [6.45, 7) is 2.04. The van der Waals surface area contributed by atoms with Crippen LogP contribution in [0.25, 0.3) is 22.4 Å². The number of hydrogen-bond donors (Lipinski definition) is 2. The fraction of sp³-hybridized carbons (Fsp3) is 0.190. The monoisotopic (exact) mass is 379 g/mol. The van der Waals surface area contributed by atoms with Crippen LogP contribution in [0.1, 0.15) is 21.9 Å². The van der Waals surface area contributed by atoms with Crippen molar-refractivity contribution in [3.05, 3.63) is 64.0 Å². The van der Waals surface area contributed by atoms with Crippen LogP contribution in [0.2, 0.25) is 0 Å². The summed E-state index contributed by atoms with van der Waals surface area (Å²) in [7, 11) is 1.40. The van der Waals surface area contributed by atoms with Gasteiger partial charge in [0.1, 0.15) is 5.84 Å². The number of rotatable bonds is 6. The molecule has 0 saturated carbocycles. The fourth-order valence-corrected chi connectivity index (χ4v) is 3.75. The molecule has 0 spiro atoms. The standard InChI is InChI=1S/C21H21N3O2S/c1-13-20(24-18(27-13)11-12-19(25)26-2)16-7-3-14(4-8-16)15-5-9-17(10-6-15)21(22)23/h3-10H,11-12H2,1-2H3,(H3,22,23). The maximum absolute atomic E-state index is 11.3. The molecule has 0 aliphatic heterocycles. The Morgan fingerprint density at radius 3 is 2.19 bits per heavy atom. The lowest BCUT2D eigenvalue weighted by Gasteiger charge is -2.05. The van der Waals surface area contributed by atoms with Gasteiger partial charge >= 0.3 is 5.97 Å². The van der Waals surface area contributed by atoms with Crippen molar-refractivity contribution in [2.75, 3.05) is 7.11 Å². The largest absolute Gasteiger partial charge is 0.469 e. The highest BCUT2D eigenvalue weighted by atomic mass is 32.1. The fourth-order valence-electron chi connectivity index (χ4n) is 2.80. The Labute approximate surface area is 162 Å². The first kappa shape index (κ1) is 18.8. The number of hydrogen-bond acceptors (Lipinski definition) is 5. The highest BCUT2D eigenvalue weighted by Crippen LogP contribution is 2.30. The molecule has 0 bridgehead atoms. The normalized spacial score (nSPS) is 10.6. The third-order valence-electron chi connectivity index (χ3n) is 4.30. The molecule has 5 nitrogen and oxygen atoms in total. The van der Waals surface area contributed by atoms with Crippen molar-refractivity contribution in [1.29, 1.82) is 5.41 Å². The second kappa shape index (κ2) is 8.14. The van der Waals surface area contributed by atoms with Gasteiger partial charge in [-0.1, -0.05) is 48.5 Å². The Hall–Kier alpha value is -2.99. The number of aromatic nitrogens is 1. The van der Waals surface area contributed by atoms with Crippen LogP contribution in [0.3, 0.4) is 0 Å². The van der Waals surface area contributed by atoms with E-state index in [0.717, 1.165) is 32.3 Å². The molecule has 3 aromatic rings. The average Bonchev–Trinajstić information content (AvgIpc) is 3.07. The molecule has 0 saturated heterocycles. The Morgan fingerprint density at radius 1 is 1.07 bits per heavy atom. The molecule has 0 amide bonds. The van der Waals surface area contributed by atoms with Crippen molar-refractivity contribution < 1.29 is 9.53 Å². The number of ether oxygens (including phenoxy) is 1. The maximum Gasteiger partial charge on any atom is 0.305 e. The number of nitrogens with zero attached hydrogens (tertiary/aromatic N) is 1. The molecule has 3 N–H and O–H groups in total. The van der Waals surface area contributed by atoms with Gasteiger partial charge < -0.3 is 10.5 Å². The van der Waals surface area contributed by atoms with E-state index in [1.165, 1.54) is 7.11 Å². The predicted molar refractivity (Wildman–Crippen MR) is 109 cm³/mol. The van der Waals surface area contributed by atoms with E-state index in [-0.39, 0.29) is 11.8 Å². The molecule has 1 aromatic heterocycles. The molecule has 0 fully saturated rings. The average molecular weight is 379 g/mol. The van der Waals surface area contributed by atoms with Crippen molar-refractivity contribution >= 4 is 23.1 Å². The second-order valence-corrected chi connectivity index (χ2v) is 7.44. The van der Waals surface area contributed by atoms with E-state index in [0.29, 0.717) is 18.4 Å². The van der Waals surface area contributed by atoms with E-state index in [9.17, 15) is 4.79 Å². The second-order valence-electron chi connectivity index (χ2n) is 6.16. The highest BCUT2D eigenvalue weighted by Gasteiger charge is 2.12. The topological polar surface area (TPSA) is 89.1 Å². The van der Waals surface area contributed by atoms with Crippen molar-refractivity contribution in [2.45, 2.75) is 19.8 Å². The van der Waals surface area contributed by atoms with E-state index >= 15 is 0 Å². The lowest BCUT2D eigenvalue weighted by Crippen LogP contribution is -2.10. The maximum atomic E-state index is 11.3. The summed E-state index contributed by atoms with van der Waals surface area (Å²) in [5.41, 5.74) is 10.4. The van der Waals surface area contributed by atoms with Crippen molar-refractivity contribution in [3.63, 3.8) is 0 Å². The molecule has 138 valence electrons. The van der Waals surface area contributed by atoms with E-state index in [2.05, 4.69) is 29.0 Å². The smallest absolute Gasteiger partial charge is 0.305 e. The third kappa shape index (κ3) is 4.41. The van der Waals surface area contributed by atoms with Gasteiger partial charge in [0, 0.05) is 22.4 Å². The number of nitrogens with two attached hydrogens (primary N) is 1. The van der Waals surface area contributed by atoms with E-state index in [4.69, 9.17) is 16.1 Å². The zero-order valence-corrected chi connectivity index (χ0v) is 16.1. The van der Waals surface area contributed by atoms with Crippen LogP contribution in [0.5, 0.6) is 0 Å². The molecule has 0 unspecified atom stereocenters. The van der Waals surface area contributed by atoms with Crippen LogP contribution >= 0.6 is 11.3 Å². The van der Waals surface area contributed by atoms with Crippen molar-refractivity contribution in [3.8, 4) is 22.4 Å². The summed E-state index contributed by atoms with van der Waals surface area (Å²) in [5, 5.41) is 8.41. The predicted octanol–water partition coefficient (Wildman–Crippen LogP) is 4.18. The van der Waals surface area contributed by atoms with Gasteiger partial charge in [-0.25, -0.2) is 4.98 Å². The molecule has 0 aliphatic carbocycles. The summed E-state index contributed by atoms with van der Waals surface area (Å²) in [5.74, 6) is -0.150. The summed E-state index contributed by atoms with van der Waals surface area (Å²) in [6, 6.07) is 15.9. The zero-order valence-electron chi connectivity index (χ0n) is 15.3. The number of methoxy groups -OCH3 is 1. The van der Waals surface area contributed by atoms with Crippen molar-refractivity contribution in [2.24, 2.45) is 5.73 Å². The molecule has 0 atom stereocenters. The van der Waals surface area contributed by atoms with Crippen LogP contribution < -0.4 is 5.73 Å². The zero-order chi connectivity index (χ0) is 19.4. The molecule has 2 aromatic carbocycles. The number of benzene rings is 2. The lowest BCUT2D eigenvalue weighted by molar-refractivity contribution is -0.140. The third-order valence-corrected chi connectivity index (χ3v) is 5.33. The van der Waals surface area contributed by atoms with Gasteiger partial charge in [-0.15, -0.1) is 11.3 Å². The molecule has 27 heavy (non-hydrogen) atoms. The van der Waals surface area contributed by atoms with Gasteiger partial charge in [-0.3, -0.25) is 10.2 Å². The number of esters is 1. The van der Waals surface area contributed by atoms with Crippen LogP contribution in [0.15, 0.2) is 48.5 Å².